The van der Waals surface area contributed by atoms with E-state index in [0.717, 1.165) is 31.9 Å². The lowest BCUT2D eigenvalue weighted by molar-refractivity contribution is 0.191. The molecule has 0 amide bonds. The Labute approximate surface area is 167 Å². The molecule has 1 aliphatic heterocycles. The first kappa shape index (κ1) is 18.3. The lowest BCUT2D eigenvalue weighted by atomic mass is 10.2. The van der Waals surface area contributed by atoms with E-state index in [1.54, 1.807) is 18.3 Å². The second-order valence-electron chi connectivity index (χ2n) is 6.46. The monoisotopic (exact) mass is 395 g/mol. The third kappa shape index (κ3) is 3.65. The molecule has 2 aromatic heterocycles. The van der Waals surface area contributed by atoms with Crippen LogP contribution in [-0.4, -0.2) is 61.3 Å². The largest absolute Gasteiger partial charge is 0.352 e. The van der Waals surface area contributed by atoms with Gasteiger partial charge >= 0.3 is 0 Å². The fourth-order valence-corrected chi connectivity index (χ4v) is 3.41. The molecule has 3 heterocycles. The van der Waals surface area contributed by atoms with Crippen molar-refractivity contribution in [2.75, 3.05) is 31.1 Å². The van der Waals surface area contributed by atoms with Gasteiger partial charge in [-0.05, 0) is 30.3 Å². The summed E-state index contributed by atoms with van der Waals surface area (Å²) in [7, 11) is 0. The fraction of sp³-hybridized carbons (Fsp3) is 0.333. The highest BCUT2D eigenvalue weighted by atomic mass is 35.5. The van der Waals surface area contributed by atoms with Crippen LogP contribution in [0.15, 0.2) is 36.7 Å². The van der Waals surface area contributed by atoms with Crippen LogP contribution >= 0.6 is 11.6 Å². The van der Waals surface area contributed by atoms with Crippen LogP contribution in [-0.2, 0) is 0 Å². The molecule has 0 radical (unpaired) electrons. The van der Waals surface area contributed by atoms with Crippen molar-refractivity contribution >= 4 is 17.4 Å². The molecule has 0 unspecified atom stereocenters. The molecule has 3 aromatic rings. The van der Waals surface area contributed by atoms with Crippen LogP contribution in [0, 0.1) is 11.3 Å². The van der Waals surface area contributed by atoms with Crippen molar-refractivity contribution in [2.24, 2.45) is 0 Å². The number of nitrogens with zero attached hydrogens (tertiary/aromatic N) is 9. The van der Waals surface area contributed by atoms with Crippen molar-refractivity contribution in [1.82, 2.24) is 35.1 Å². The van der Waals surface area contributed by atoms with Crippen molar-refractivity contribution in [3.8, 4) is 11.8 Å². The van der Waals surface area contributed by atoms with Gasteiger partial charge in [0.05, 0.1) is 11.7 Å². The van der Waals surface area contributed by atoms with E-state index in [2.05, 4.69) is 48.2 Å². The summed E-state index contributed by atoms with van der Waals surface area (Å²) in [6, 6.07) is 9.46. The third-order valence-corrected chi connectivity index (χ3v) is 5.02. The van der Waals surface area contributed by atoms with Crippen LogP contribution in [0.4, 0.5) is 5.82 Å². The second kappa shape index (κ2) is 7.88. The van der Waals surface area contributed by atoms with Gasteiger partial charge in [0, 0.05) is 43.6 Å². The maximum Gasteiger partial charge on any atom is 0.192 e. The first-order chi connectivity index (χ1) is 13.7. The summed E-state index contributed by atoms with van der Waals surface area (Å²) in [6.45, 7) is 5.17. The molecule has 1 saturated heterocycles. The van der Waals surface area contributed by atoms with Crippen LogP contribution in [0.1, 0.15) is 24.5 Å². The summed E-state index contributed by atoms with van der Waals surface area (Å²) >= 11 is 6.04. The highest BCUT2D eigenvalue weighted by Gasteiger charge is 2.26. The molecule has 1 fully saturated rings. The van der Waals surface area contributed by atoms with Gasteiger partial charge in [-0.2, -0.15) is 5.26 Å². The molecule has 28 heavy (non-hydrogen) atoms. The van der Waals surface area contributed by atoms with E-state index in [9.17, 15) is 5.26 Å². The summed E-state index contributed by atoms with van der Waals surface area (Å²) in [5.74, 6) is 1.30. The van der Waals surface area contributed by atoms with Gasteiger partial charge in [-0.1, -0.05) is 17.7 Å². The van der Waals surface area contributed by atoms with Gasteiger partial charge < -0.3 is 4.90 Å². The summed E-state index contributed by atoms with van der Waals surface area (Å²) in [4.78, 5) is 14.3. The number of piperazine rings is 1. The van der Waals surface area contributed by atoms with Crippen LogP contribution in [0.2, 0.25) is 5.02 Å². The summed E-state index contributed by atoms with van der Waals surface area (Å²) in [6.07, 6.45) is 3.15. The first-order valence-corrected chi connectivity index (χ1v) is 9.29. The number of benzene rings is 1. The number of hydrogen-bond donors (Lipinski definition) is 0. The second-order valence-corrected chi connectivity index (χ2v) is 6.89. The summed E-state index contributed by atoms with van der Waals surface area (Å²) in [5, 5.41) is 22.7. The lowest BCUT2D eigenvalue weighted by Crippen LogP contribution is -2.48. The van der Waals surface area contributed by atoms with Crippen molar-refractivity contribution in [3.05, 3.63) is 53.2 Å². The number of anilines is 1. The maximum atomic E-state index is 9.23. The number of halogens is 1. The van der Waals surface area contributed by atoms with Crippen LogP contribution in [0.5, 0.6) is 0 Å². The zero-order valence-electron chi connectivity index (χ0n) is 15.3. The molecule has 0 saturated carbocycles. The zero-order chi connectivity index (χ0) is 19.5. The third-order valence-electron chi connectivity index (χ3n) is 4.79. The average molecular weight is 396 g/mol. The molecular weight excluding hydrogens is 378 g/mol. The van der Waals surface area contributed by atoms with Gasteiger partial charge in [-0.25, -0.2) is 9.97 Å². The smallest absolute Gasteiger partial charge is 0.192 e. The van der Waals surface area contributed by atoms with E-state index in [1.807, 2.05) is 12.1 Å². The fourth-order valence-electron chi connectivity index (χ4n) is 3.23. The molecule has 0 bridgehead atoms. The van der Waals surface area contributed by atoms with Gasteiger partial charge in [0.15, 0.2) is 17.3 Å². The Morgan fingerprint density at radius 1 is 1.14 bits per heavy atom. The molecule has 0 N–H and O–H groups in total. The number of aromatic nitrogens is 6. The molecule has 1 atom stereocenters. The van der Waals surface area contributed by atoms with Crippen LogP contribution < -0.4 is 4.90 Å². The van der Waals surface area contributed by atoms with E-state index in [0.29, 0.717) is 22.4 Å². The van der Waals surface area contributed by atoms with Gasteiger partial charge in [-0.3, -0.25) is 4.90 Å². The van der Waals surface area contributed by atoms with Gasteiger partial charge in [0.1, 0.15) is 6.07 Å². The molecule has 0 spiro atoms. The molecule has 142 valence electrons. The number of nitriles is 1. The Bertz CT molecular complexity index is 1000. The topological polar surface area (TPSA) is 99.7 Å². The van der Waals surface area contributed by atoms with Crippen LogP contribution in [0.25, 0.3) is 5.69 Å². The van der Waals surface area contributed by atoms with Crippen molar-refractivity contribution < 1.29 is 0 Å². The predicted octanol–water partition coefficient (Wildman–Crippen LogP) is 1.86. The highest BCUT2D eigenvalue weighted by Crippen LogP contribution is 2.22. The normalized spacial score (nSPS) is 16.0. The Morgan fingerprint density at radius 2 is 1.93 bits per heavy atom. The van der Waals surface area contributed by atoms with Gasteiger partial charge in [0.2, 0.25) is 0 Å². The van der Waals surface area contributed by atoms with Gasteiger partial charge in [-0.15, -0.1) is 15.0 Å². The predicted molar refractivity (Wildman–Crippen MR) is 103 cm³/mol. The number of rotatable bonds is 4. The highest BCUT2D eigenvalue weighted by molar-refractivity contribution is 6.30. The molecule has 1 aliphatic rings. The zero-order valence-corrected chi connectivity index (χ0v) is 16.0. The Morgan fingerprint density at radius 3 is 2.68 bits per heavy atom. The number of tetrazole rings is 1. The minimum absolute atomic E-state index is 0.0207. The average Bonchev–Trinajstić information content (AvgIpc) is 3.24. The Balaban J connectivity index is 1.43. The van der Waals surface area contributed by atoms with E-state index < -0.39 is 0 Å². The summed E-state index contributed by atoms with van der Waals surface area (Å²) < 4.78 is 0. The molecular formula is C18H18ClN9. The Hall–Kier alpha value is -3.09. The quantitative estimate of drug-likeness (QED) is 0.660. The molecule has 1 aromatic carbocycles. The molecule has 10 heteroatoms. The van der Waals surface area contributed by atoms with Crippen molar-refractivity contribution in [3.63, 3.8) is 0 Å². The van der Waals surface area contributed by atoms with E-state index >= 15 is 0 Å². The minimum atomic E-state index is 0.0207. The Kier molecular flexibility index (Phi) is 5.14. The number of hydrogen-bond acceptors (Lipinski definition) is 8. The van der Waals surface area contributed by atoms with E-state index in [-0.39, 0.29) is 6.04 Å². The van der Waals surface area contributed by atoms with E-state index in [4.69, 9.17) is 11.6 Å². The lowest BCUT2D eigenvalue weighted by Gasteiger charge is -2.37. The minimum Gasteiger partial charge on any atom is -0.352 e. The van der Waals surface area contributed by atoms with Crippen molar-refractivity contribution in [2.45, 2.75) is 13.0 Å². The first-order valence-electron chi connectivity index (χ1n) is 8.91. The van der Waals surface area contributed by atoms with Crippen LogP contribution in [0.3, 0.4) is 0 Å². The maximum absolute atomic E-state index is 9.23. The van der Waals surface area contributed by atoms with Gasteiger partial charge in [0.25, 0.3) is 0 Å². The summed E-state index contributed by atoms with van der Waals surface area (Å²) in [5.41, 5.74) is 1.13. The SMILES string of the molecule is C[C@H](c1nnn(-c2cccc(Cl)c2)n1)N1CCN(c2nccnc2C#N)CC1. The molecule has 9 nitrogen and oxygen atoms in total. The molecule has 4 rings (SSSR count). The molecule has 0 aliphatic carbocycles. The standard InChI is InChI=1S/C18H18ClN9/c1-13(17-23-25-28(24-17)15-4-2-3-14(19)11-15)26-7-9-27(10-8-26)18-16(12-20)21-5-6-22-18/h2-6,11,13H,7-10H2,1H3/t13-/m1/s1. The van der Waals surface area contributed by atoms with E-state index in [1.165, 1.54) is 11.0 Å². The van der Waals surface area contributed by atoms with Crippen molar-refractivity contribution in [1.29, 1.82) is 5.26 Å².